The number of rotatable bonds is 3. The Balaban J connectivity index is 1.99. The molecule has 98 valence electrons. The van der Waals surface area contributed by atoms with Crippen molar-refractivity contribution >= 4 is 16.9 Å². The second-order valence-corrected chi connectivity index (χ2v) is 7.02. The van der Waals surface area contributed by atoms with Gasteiger partial charge in [-0.2, -0.15) is 0 Å². The summed E-state index contributed by atoms with van der Waals surface area (Å²) in [5.41, 5.74) is 0.410. The van der Waals surface area contributed by atoms with E-state index in [2.05, 4.69) is 33.0 Å². The lowest BCUT2D eigenvalue weighted by atomic mass is 9.65. The van der Waals surface area contributed by atoms with Crippen LogP contribution in [0.4, 0.5) is 0 Å². The fourth-order valence-corrected chi connectivity index (χ4v) is 3.69. The van der Waals surface area contributed by atoms with Gasteiger partial charge in [0.05, 0.1) is 12.1 Å². The second kappa shape index (κ2) is 4.47. The van der Waals surface area contributed by atoms with Gasteiger partial charge in [-0.25, -0.2) is 0 Å². The molecule has 1 aliphatic heterocycles. The number of methoxy groups -OCH3 is 1. The van der Waals surface area contributed by atoms with Crippen LogP contribution in [-0.4, -0.2) is 35.7 Å². The fourth-order valence-electron chi connectivity index (χ4n) is 2.44. The van der Waals surface area contributed by atoms with E-state index in [4.69, 9.17) is 9.73 Å². The zero-order valence-corrected chi connectivity index (χ0v) is 12.4. The summed E-state index contributed by atoms with van der Waals surface area (Å²) in [6, 6.07) is 0.404. The highest BCUT2D eigenvalue weighted by Gasteiger charge is 2.49. The molecule has 4 heteroatoms. The maximum absolute atomic E-state index is 5.46. The van der Waals surface area contributed by atoms with E-state index in [-0.39, 0.29) is 11.0 Å². The minimum atomic E-state index is 0.176. The third-order valence-corrected chi connectivity index (χ3v) is 5.66. The minimum absolute atomic E-state index is 0.176. The molecule has 1 saturated carbocycles. The molecule has 17 heavy (non-hydrogen) atoms. The Morgan fingerprint density at radius 1 is 1.47 bits per heavy atom. The highest BCUT2D eigenvalue weighted by Crippen LogP contribution is 2.45. The summed E-state index contributed by atoms with van der Waals surface area (Å²) in [5, 5.41) is 4.69. The van der Waals surface area contributed by atoms with Gasteiger partial charge in [0, 0.05) is 23.8 Å². The normalized spacial score (nSPS) is 42.3. The van der Waals surface area contributed by atoms with Crippen molar-refractivity contribution in [1.82, 2.24) is 5.32 Å². The highest BCUT2D eigenvalue weighted by atomic mass is 32.2. The van der Waals surface area contributed by atoms with Crippen molar-refractivity contribution in [3.63, 3.8) is 0 Å². The van der Waals surface area contributed by atoms with Crippen LogP contribution in [0.3, 0.4) is 0 Å². The molecule has 2 fully saturated rings. The summed E-state index contributed by atoms with van der Waals surface area (Å²) in [5.74, 6) is 1.13. The summed E-state index contributed by atoms with van der Waals surface area (Å²) in [7, 11) is 1.80. The van der Waals surface area contributed by atoms with Crippen LogP contribution in [0, 0.1) is 5.41 Å². The molecule has 0 aromatic rings. The number of hydrogen-bond acceptors (Lipinski definition) is 3. The van der Waals surface area contributed by atoms with Crippen LogP contribution in [0.15, 0.2) is 4.99 Å². The largest absolute Gasteiger partial charge is 0.381 e. The molecule has 1 aliphatic carbocycles. The molecule has 0 radical (unpaired) electrons. The van der Waals surface area contributed by atoms with E-state index < -0.39 is 0 Å². The lowest BCUT2D eigenvalue weighted by Crippen LogP contribution is -2.54. The Bertz CT molecular complexity index is 329. The molecule has 1 N–H and O–H groups in total. The Morgan fingerprint density at radius 3 is 2.65 bits per heavy atom. The number of aliphatic imine (C=N–C) groups is 1. The number of ether oxygens (including phenoxy) is 1. The van der Waals surface area contributed by atoms with E-state index in [1.54, 1.807) is 7.11 Å². The van der Waals surface area contributed by atoms with E-state index in [0.717, 1.165) is 23.8 Å². The van der Waals surface area contributed by atoms with Gasteiger partial charge in [-0.05, 0) is 19.8 Å². The molecule has 3 nitrogen and oxygen atoms in total. The number of thioether (sulfide) groups is 1. The standard InChI is InChI=1S/C13H24N2OS/c1-6-13(4)8-17-11(15-13)14-9-7-10(16-5)12(9,2)3/h9-10H,6-8H2,1-5H3,(H,14,15). The molecule has 0 bridgehead atoms. The molecular weight excluding hydrogens is 232 g/mol. The molecule has 2 rings (SSSR count). The third kappa shape index (κ3) is 2.34. The predicted octanol–water partition coefficient (Wildman–Crippen LogP) is 2.66. The Hall–Kier alpha value is -0.220. The molecule has 1 saturated heterocycles. The van der Waals surface area contributed by atoms with Crippen LogP contribution in [0.2, 0.25) is 0 Å². The first-order chi connectivity index (χ1) is 7.91. The van der Waals surface area contributed by atoms with E-state index in [0.29, 0.717) is 12.1 Å². The van der Waals surface area contributed by atoms with Crippen molar-refractivity contribution in [1.29, 1.82) is 0 Å². The van der Waals surface area contributed by atoms with Crippen LogP contribution in [0.25, 0.3) is 0 Å². The molecule has 3 unspecified atom stereocenters. The van der Waals surface area contributed by atoms with Crippen LogP contribution in [0.1, 0.15) is 40.5 Å². The molecule has 0 amide bonds. The lowest BCUT2D eigenvalue weighted by Gasteiger charge is -2.49. The van der Waals surface area contributed by atoms with E-state index in [1.165, 1.54) is 0 Å². The first-order valence-corrected chi connectivity index (χ1v) is 7.41. The molecule has 0 aromatic heterocycles. The molecule has 0 aromatic carbocycles. The summed E-state index contributed by atoms with van der Waals surface area (Å²) < 4.78 is 5.46. The highest BCUT2D eigenvalue weighted by molar-refractivity contribution is 8.14. The van der Waals surface area contributed by atoms with Crippen molar-refractivity contribution in [2.24, 2.45) is 10.4 Å². The van der Waals surface area contributed by atoms with Crippen molar-refractivity contribution in [2.45, 2.75) is 58.2 Å². The summed E-state index contributed by atoms with van der Waals surface area (Å²) in [4.78, 5) is 4.86. The van der Waals surface area contributed by atoms with E-state index in [1.807, 2.05) is 11.8 Å². The number of nitrogens with zero attached hydrogens (tertiary/aromatic N) is 1. The van der Waals surface area contributed by atoms with Gasteiger partial charge in [0.1, 0.15) is 0 Å². The van der Waals surface area contributed by atoms with Crippen molar-refractivity contribution in [3.8, 4) is 0 Å². The van der Waals surface area contributed by atoms with Crippen LogP contribution < -0.4 is 5.32 Å². The van der Waals surface area contributed by atoms with Crippen LogP contribution in [-0.2, 0) is 4.74 Å². The van der Waals surface area contributed by atoms with Gasteiger partial charge in [-0.1, -0.05) is 32.5 Å². The average Bonchev–Trinajstić information content (AvgIpc) is 2.67. The van der Waals surface area contributed by atoms with Crippen LogP contribution in [0.5, 0.6) is 0 Å². The first-order valence-electron chi connectivity index (χ1n) is 6.43. The Labute approximate surface area is 109 Å². The Kier molecular flexibility index (Phi) is 3.47. The number of nitrogens with one attached hydrogen (secondary N) is 1. The summed E-state index contributed by atoms with van der Waals surface area (Å²) >= 11 is 1.86. The third-order valence-electron chi connectivity index (χ3n) is 4.40. The van der Waals surface area contributed by atoms with Gasteiger partial charge >= 0.3 is 0 Å². The topological polar surface area (TPSA) is 33.6 Å². The van der Waals surface area contributed by atoms with E-state index >= 15 is 0 Å². The molecule has 3 atom stereocenters. The monoisotopic (exact) mass is 256 g/mol. The molecule has 1 heterocycles. The Morgan fingerprint density at radius 2 is 2.18 bits per heavy atom. The van der Waals surface area contributed by atoms with Crippen molar-refractivity contribution in [2.75, 3.05) is 12.9 Å². The zero-order valence-electron chi connectivity index (χ0n) is 11.5. The van der Waals surface area contributed by atoms with Gasteiger partial charge in [0.25, 0.3) is 0 Å². The minimum Gasteiger partial charge on any atom is -0.381 e. The lowest BCUT2D eigenvalue weighted by molar-refractivity contribution is -0.0850. The van der Waals surface area contributed by atoms with Gasteiger partial charge in [0.2, 0.25) is 0 Å². The zero-order chi connectivity index (χ0) is 12.7. The van der Waals surface area contributed by atoms with E-state index in [9.17, 15) is 0 Å². The van der Waals surface area contributed by atoms with Crippen molar-refractivity contribution in [3.05, 3.63) is 0 Å². The predicted molar refractivity (Wildman–Crippen MR) is 74.7 cm³/mol. The van der Waals surface area contributed by atoms with Gasteiger partial charge in [-0.3, -0.25) is 4.99 Å². The van der Waals surface area contributed by atoms with Crippen molar-refractivity contribution < 1.29 is 4.74 Å². The number of hydrogen-bond donors (Lipinski definition) is 1. The summed E-state index contributed by atoms with van der Waals surface area (Å²) in [6.07, 6.45) is 2.56. The molecule has 2 aliphatic rings. The van der Waals surface area contributed by atoms with Gasteiger partial charge in [0.15, 0.2) is 5.17 Å². The fraction of sp³-hybridized carbons (Fsp3) is 0.923. The van der Waals surface area contributed by atoms with Crippen LogP contribution >= 0.6 is 11.8 Å². The average molecular weight is 256 g/mol. The quantitative estimate of drug-likeness (QED) is 0.843. The summed E-state index contributed by atoms with van der Waals surface area (Å²) in [6.45, 7) is 8.99. The maximum Gasteiger partial charge on any atom is 0.157 e. The second-order valence-electron chi connectivity index (χ2n) is 6.06. The SMILES string of the molecule is CCC1(C)CSC(=NC2CC(OC)C2(C)C)N1. The van der Waals surface area contributed by atoms with Gasteiger partial charge in [-0.15, -0.1) is 0 Å². The molecule has 0 spiro atoms. The number of amidine groups is 1. The maximum atomic E-state index is 5.46. The van der Waals surface area contributed by atoms with Gasteiger partial charge < -0.3 is 10.1 Å². The molecular formula is C13H24N2OS. The first kappa shape index (κ1) is 13.2. The smallest absolute Gasteiger partial charge is 0.157 e.